The second kappa shape index (κ2) is 29.3. The van der Waals surface area contributed by atoms with E-state index in [4.69, 9.17) is 18.9 Å². The van der Waals surface area contributed by atoms with Crippen molar-refractivity contribution in [3.8, 4) is 11.5 Å². The van der Waals surface area contributed by atoms with Crippen molar-refractivity contribution in [3.63, 3.8) is 0 Å². The Morgan fingerprint density at radius 1 is 0.577 bits per heavy atom. The van der Waals surface area contributed by atoms with Gasteiger partial charge in [-0.1, -0.05) is 30.2 Å². The number of methoxy groups -OCH3 is 2. The van der Waals surface area contributed by atoms with E-state index in [0.717, 1.165) is 27.4 Å². The molecule has 19 heteroatoms. The number of aromatic nitrogens is 2. The predicted octanol–water partition coefficient (Wildman–Crippen LogP) is 4.08. The molecule has 4 aromatic carbocycles. The molecule has 8 rings (SSSR count). The molecular formula is C59H77N8NaO10. The Hall–Kier alpha value is -6.70. The minimum absolute atomic E-state index is 0. The van der Waals surface area contributed by atoms with Crippen LogP contribution in [0.15, 0.2) is 94.5 Å². The van der Waals surface area contributed by atoms with Gasteiger partial charge < -0.3 is 59.3 Å². The van der Waals surface area contributed by atoms with Crippen molar-refractivity contribution in [2.75, 3.05) is 131 Å². The predicted molar refractivity (Wildman–Crippen MR) is 305 cm³/mol. The SMILES string of the molecule is CCCN(C)C.CCOC(=O)c1c(N2CCN(C(=O)c3ccc(OC)cc3)CC2)c2cc(C)ccc2[nH]c1=O.CCOC(=O)c1c(N2CCN(C(=O)c3ccc(OC)cc3)CC2)c2cc(C)ccc2n(CCN(C)C)c1=O.[H-].[Na+]. The van der Waals surface area contributed by atoms with Crippen LogP contribution >= 0.6 is 0 Å². The third kappa shape index (κ3) is 15.3. The summed E-state index contributed by atoms with van der Waals surface area (Å²) >= 11 is 0. The number of benzene rings is 4. The number of nitrogens with zero attached hydrogens (tertiary/aromatic N) is 7. The molecule has 1 N–H and O–H groups in total. The molecule has 2 fully saturated rings. The molecule has 414 valence electrons. The average Bonchev–Trinajstić information content (AvgIpc) is 3.54. The number of likely N-dealkylation sites (N-methyl/N-ethyl adjacent to an activating group) is 1. The van der Waals surface area contributed by atoms with Gasteiger partial charge in [0.2, 0.25) is 0 Å². The van der Waals surface area contributed by atoms with Gasteiger partial charge in [-0.25, -0.2) is 9.59 Å². The van der Waals surface area contributed by atoms with Crippen LogP contribution in [0.3, 0.4) is 0 Å². The molecule has 2 aliphatic heterocycles. The number of hydrogen-bond acceptors (Lipinski definition) is 14. The molecule has 18 nitrogen and oxygen atoms in total. The fourth-order valence-corrected chi connectivity index (χ4v) is 9.45. The smallest absolute Gasteiger partial charge is 1.00 e. The fraction of sp³-hybridized carbons (Fsp3) is 0.424. The van der Waals surface area contributed by atoms with E-state index in [9.17, 15) is 28.8 Å². The maximum Gasteiger partial charge on any atom is 1.00 e. The zero-order chi connectivity index (χ0) is 55.9. The number of carbonyl (C=O) groups is 4. The minimum Gasteiger partial charge on any atom is -1.00 e. The van der Waals surface area contributed by atoms with E-state index < -0.39 is 17.5 Å². The summed E-state index contributed by atoms with van der Waals surface area (Å²) in [6.45, 7) is 16.0. The number of H-pyrrole nitrogens is 1. The Morgan fingerprint density at radius 2 is 1.01 bits per heavy atom. The number of aromatic amines is 1. The molecule has 78 heavy (non-hydrogen) atoms. The van der Waals surface area contributed by atoms with Gasteiger partial charge in [0.1, 0.15) is 22.6 Å². The van der Waals surface area contributed by atoms with E-state index in [1.165, 1.54) is 13.0 Å². The third-order valence-corrected chi connectivity index (χ3v) is 13.4. The van der Waals surface area contributed by atoms with Gasteiger partial charge in [-0.2, -0.15) is 0 Å². The summed E-state index contributed by atoms with van der Waals surface area (Å²) < 4.78 is 22.6. The zero-order valence-corrected chi connectivity index (χ0v) is 49.7. The normalized spacial score (nSPS) is 13.3. The van der Waals surface area contributed by atoms with Crippen LogP contribution in [0.4, 0.5) is 11.4 Å². The molecular weight excluding hydrogens is 1000 g/mol. The number of hydrogen-bond donors (Lipinski definition) is 1. The number of amides is 2. The summed E-state index contributed by atoms with van der Waals surface area (Å²) in [5, 5.41) is 1.62. The largest absolute Gasteiger partial charge is 1.00 e. The number of carbonyl (C=O) groups excluding carboxylic acids is 4. The molecule has 4 heterocycles. The summed E-state index contributed by atoms with van der Waals surface area (Å²) in [5.74, 6) is 0.00656. The van der Waals surface area contributed by atoms with Crippen LogP contribution in [0, 0.1) is 13.8 Å². The second-order valence-electron chi connectivity index (χ2n) is 19.5. The van der Waals surface area contributed by atoms with Crippen LogP contribution in [-0.4, -0.2) is 174 Å². The van der Waals surface area contributed by atoms with E-state index in [-0.39, 0.29) is 72.7 Å². The molecule has 0 atom stereocenters. The van der Waals surface area contributed by atoms with Crippen LogP contribution in [0.2, 0.25) is 0 Å². The topological polar surface area (TPSA) is 180 Å². The first kappa shape index (κ1) is 62.1. The standard InChI is InChI=1S/C29H36N4O5.C25H27N3O5.C5H13N.Na.H/c1-6-38-29(36)25-26(23-19-20(2)7-12-24(23)33(28(25)35)18-13-30(3)4)31-14-16-32(17-15-31)27(34)21-8-10-22(37-5)11-9-21;1-4-33-25(31)21-22(19-15-16(2)5-10-20(19)26-23(21)29)27-11-13-28(14-12-27)24(30)17-6-8-18(32-3)9-7-17;1-4-5-6(2)3;;/h7-12,19H,6,13-18H2,1-5H3;5-10,15H,4,11-14H2,1-3H3,(H,26,29);4-5H2,1-3H3;;/q;;;+1;-1. The first-order valence-electron chi connectivity index (χ1n) is 26.3. The Bertz CT molecular complexity index is 3130. The molecule has 0 radical (unpaired) electrons. The number of rotatable bonds is 15. The van der Waals surface area contributed by atoms with Crippen molar-refractivity contribution >= 4 is 56.9 Å². The Kier molecular flexibility index (Phi) is 23.4. The summed E-state index contributed by atoms with van der Waals surface area (Å²) in [6, 6.07) is 25.8. The summed E-state index contributed by atoms with van der Waals surface area (Å²) in [6.07, 6.45) is 1.26. The van der Waals surface area contributed by atoms with Gasteiger partial charge in [-0.3, -0.25) is 19.2 Å². The van der Waals surface area contributed by atoms with Crippen molar-refractivity contribution in [2.24, 2.45) is 0 Å². The molecule has 2 amide bonds. The van der Waals surface area contributed by atoms with Crippen LogP contribution in [0.25, 0.3) is 21.8 Å². The van der Waals surface area contributed by atoms with Crippen molar-refractivity contribution in [1.29, 1.82) is 0 Å². The molecule has 0 aliphatic carbocycles. The summed E-state index contributed by atoms with van der Waals surface area (Å²) in [5.41, 5.74) is 5.04. The monoisotopic (exact) mass is 1080 g/mol. The number of pyridine rings is 2. The number of anilines is 2. The molecule has 2 aliphatic rings. The van der Waals surface area contributed by atoms with Gasteiger partial charge in [0, 0.05) is 87.3 Å². The van der Waals surface area contributed by atoms with Gasteiger partial charge in [0.05, 0.1) is 49.8 Å². The van der Waals surface area contributed by atoms with Crippen molar-refractivity contribution in [2.45, 2.75) is 47.6 Å². The van der Waals surface area contributed by atoms with Gasteiger partial charge in [-0.15, -0.1) is 0 Å². The van der Waals surface area contributed by atoms with Gasteiger partial charge in [0.15, 0.2) is 0 Å². The van der Waals surface area contributed by atoms with Crippen LogP contribution in [-0.2, 0) is 16.0 Å². The number of nitrogens with one attached hydrogen (secondary N) is 1. The van der Waals surface area contributed by atoms with Crippen molar-refractivity contribution in [3.05, 3.63) is 139 Å². The molecule has 0 bridgehead atoms. The van der Waals surface area contributed by atoms with Gasteiger partial charge in [0.25, 0.3) is 22.9 Å². The Balaban J connectivity index is 0.000000304. The number of ether oxygens (including phenoxy) is 4. The van der Waals surface area contributed by atoms with Crippen LogP contribution in [0.1, 0.15) is 81.2 Å². The van der Waals surface area contributed by atoms with Gasteiger partial charge >= 0.3 is 41.5 Å². The maximum absolute atomic E-state index is 13.8. The fourth-order valence-electron chi connectivity index (χ4n) is 9.45. The van der Waals surface area contributed by atoms with Crippen molar-refractivity contribution in [1.82, 2.24) is 29.2 Å². The number of piperazine rings is 2. The third-order valence-electron chi connectivity index (χ3n) is 13.4. The van der Waals surface area contributed by atoms with Crippen LogP contribution in [0.5, 0.6) is 11.5 Å². The number of esters is 2. The van der Waals surface area contributed by atoms with E-state index in [1.54, 1.807) is 91.0 Å². The quantitative estimate of drug-likeness (QED) is 0.115. The molecule has 6 aromatic rings. The van der Waals surface area contributed by atoms with Crippen molar-refractivity contribution < 1.29 is 69.1 Å². The van der Waals surface area contributed by atoms with E-state index in [1.807, 2.05) is 79.0 Å². The molecule has 0 saturated carbocycles. The summed E-state index contributed by atoms with van der Waals surface area (Å²) in [4.78, 5) is 93.3. The molecule has 0 spiro atoms. The summed E-state index contributed by atoms with van der Waals surface area (Å²) in [7, 11) is 11.2. The zero-order valence-electron chi connectivity index (χ0n) is 48.7. The van der Waals surface area contributed by atoms with Gasteiger partial charge in [-0.05, 0) is 142 Å². The Labute approximate surface area is 481 Å². The molecule has 2 aromatic heterocycles. The van der Waals surface area contributed by atoms with E-state index in [0.29, 0.717) is 105 Å². The minimum atomic E-state index is -0.645. The van der Waals surface area contributed by atoms with E-state index in [2.05, 4.69) is 30.9 Å². The van der Waals surface area contributed by atoms with Crippen LogP contribution < -0.4 is 59.9 Å². The van der Waals surface area contributed by atoms with E-state index >= 15 is 0 Å². The Morgan fingerprint density at radius 3 is 1.44 bits per heavy atom. The number of fused-ring (bicyclic) bond motifs is 2. The molecule has 2 saturated heterocycles. The maximum atomic E-state index is 13.8. The second-order valence-corrected chi connectivity index (χ2v) is 19.5. The number of aryl methyl sites for hydroxylation is 2. The first-order valence-corrected chi connectivity index (χ1v) is 26.3. The first-order chi connectivity index (χ1) is 36.9. The average molecular weight is 1080 g/mol. The molecule has 0 unspecified atom stereocenters.